The number of aliphatic hydroxyl groups is 1. The first-order valence-corrected chi connectivity index (χ1v) is 24.5. The fraction of sp³-hybridized carbons (Fsp3) is 0.490. The molecule has 69 heavy (non-hydrogen) atoms. The molecule has 5 heterocycles. The number of fused-ring (bicyclic) bond motifs is 1. The number of carboxylic acid groups (broad SMARTS) is 1. The van der Waals surface area contributed by atoms with Crippen LogP contribution in [0.15, 0.2) is 66.2 Å². The van der Waals surface area contributed by atoms with E-state index in [0.29, 0.717) is 62.7 Å². The average molecular weight is 967 g/mol. The zero-order chi connectivity index (χ0) is 49.6. The van der Waals surface area contributed by atoms with Crippen LogP contribution in [0.4, 0.5) is 15.3 Å². The van der Waals surface area contributed by atoms with E-state index < -0.39 is 41.1 Å². The highest BCUT2D eigenvalue weighted by Gasteiger charge is 2.35. The summed E-state index contributed by atoms with van der Waals surface area (Å²) in [5.74, 6) is -1.55. The number of carbonyl (C=O) groups excluding carboxylic acids is 3. The fourth-order valence-corrected chi connectivity index (χ4v) is 9.68. The second-order valence-corrected chi connectivity index (χ2v) is 20.4. The van der Waals surface area contributed by atoms with Gasteiger partial charge in [0.2, 0.25) is 0 Å². The molecule has 0 saturated carbocycles. The van der Waals surface area contributed by atoms with E-state index >= 15 is 0 Å². The van der Waals surface area contributed by atoms with Crippen LogP contribution in [0.25, 0.3) is 33.4 Å². The molecule has 2 aliphatic heterocycles. The number of hydrogen-bond donors (Lipinski definition) is 4. The van der Waals surface area contributed by atoms with Gasteiger partial charge in [0.25, 0.3) is 5.91 Å². The maximum Gasteiger partial charge on any atom is 0.410 e. The van der Waals surface area contributed by atoms with E-state index in [2.05, 4.69) is 45.3 Å². The normalized spacial score (nSPS) is 16.6. The second kappa shape index (κ2) is 21.7. The number of aromatic nitrogens is 3. The SMILES string of the molecule is CCn1c(-c2cc(N3CCN(C(=O)OCc4ccccc4)CC3)cnc2[C@H](C)OC)c(CC(C)(C)CO)c2cc(-c3csc(C[C@H](NC(=O)OC(C)(C)C)C(=O)N4CCC[C@@H](C(=O)O)N4)n3)ccc21. The molecule has 0 aliphatic carbocycles. The van der Waals surface area contributed by atoms with Crippen LogP contribution in [-0.2, 0) is 49.8 Å². The second-order valence-electron chi connectivity index (χ2n) is 19.5. The minimum Gasteiger partial charge on any atom is -0.480 e. The monoisotopic (exact) mass is 966 g/mol. The lowest BCUT2D eigenvalue weighted by molar-refractivity contribution is -0.147. The number of nitrogens with one attached hydrogen (secondary N) is 2. The first kappa shape index (κ1) is 50.8. The van der Waals surface area contributed by atoms with E-state index in [1.807, 2.05) is 68.7 Å². The zero-order valence-electron chi connectivity index (χ0n) is 40.9. The van der Waals surface area contributed by atoms with Gasteiger partial charge in [-0.3, -0.25) is 19.6 Å². The van der Waals surface area contributed by atoms with Gasteiger partial charge in [-0.05, 0) is 88.6 Å². The van der Waals surface area contributed by atoms with Gasteiger partial charge in [0.15, 0.2) is 0 Å². The summed E-state index contributed by atoms with van der Waals surface area (Å²) in [5, 5.41) is 27.9. The highest BCUT2D eigenvalue weighted by molar-refractivity contribution is 7.10. The molecule has 0 bridgehead atoms. The summed E-state index contributed by atoms with van der Waals surface area (Å²) >= 11 is 1.36. The molecule has 4 N–H and O–H groups in total. The number of aliphatic carboxylic acids is 1. The van der Waals surface area contributed by atoms with Crippen LogP contribution >= 0.6 is 11.3 Å². The number of carboxylic acids is 1. The van der Waals surface area contributed by atoms with E-state index in [-0.39, 0.29) is 38.4 Å². The number of amides is 3. The average Bonchev–Trinajstić information content (AvgIpc) is 3.93. The summed E-state index contributed by atoms with van der Waals surface area (Å²) < 4.78 is 19.4. The van der Waals surface area contributed by atoms with Gasteiger partial charge in [-0.25, -0.2) is 20.0 Å². The molecule has 3 aromatic heterocycles. The molecule has 3 amide bonds. The van der Waals surface area contributed by atoms with E-state index in [0.717, 1.165) is 50.2 Å². The number of ether oxygens (including phenoxy) is 3. The van der Waals surface area contributed by atoms with Gasteiger partial charge in [-0.1, -0.05) is 50.2 Å². The number of methoxy groups -OCH3 is 1. The number of alkyl carbamates (subject to hydrolysis) is 1. The molecule has 2 fully saturated rings. The van der Waals surface area contributed by atoms with E-state index in [1.165, 1.54) is 16.3 Å². The zero-order valence-corrected chi connectivity index (χ0v) is 41.7. The third-order valence-electron chi connectivity index (χ3n) is 12.5. The molecule has 18 heteroatoms. The minimum atomic E-state index is -1.09. The Morgan fingerprint density at radius 2 is 1.74 bits per heavy atom. The molecule has 2 aromatic carbocycles. The number of benzene rings is 2. The maximum absolute atomic E-state index is 14.0. The molecule has 3 atom stereocenters. The lowest BCUT2D eigenvalue weighted by atomic mass is 9.84. The molecule has 0 unspecified atom stereocenters. The van der Waals surface area contributed by atoms with Gasteiger partial charge < -0.3 is 44.1 Å². The van der Waals surface area contributed by atoms with Gasteiger partial charge in [0.1, 0.15) is 24.3 Å². The molecular weight excluding hydrogens is 901 g/mol. The van der Waals surface area contributed by atoms with Crippen molar-refractivity contribution in [2.24, 2.45) is 5.41 Å². The third kappa shape index (κ3) is 12.2. The number of nitrogens with zero attached hydrogens (tertiary/aromatic N) is 6. The summed E-state index contributed by atoms with van der Waals surface area (Å²) in [6.07, 6.45) is 1.87. The molecule has 0 radical (unpaired) electrons. The van der Waals surface area contributed by atoms with Gasteiger partial charge in [0, 0.05) is 86.8 Å². The quantitative estimate of drug-likeness (QED) is 0.0755. The third-order valence-corrected chi connectivity index (χ3v) is 13.4. The maximum atomic E-state index is 14.0. The van der Waals surface area contributed by atoms with Crippen molar-refractivity contribution in [3.05, 3.63) is 88.0 Å². The Morgan fingerprint density at radius 1 is 1.00 bits per heavy atom. The predicted octanol–water partition coefficient (Wildman–Crippen LogP) is 7.59. The largest absolute Gasteiger partial charge is 0.480 e. The van der Waals surface area contributed by atoms with Crippen LogP contribution < -0.4 is 15.6 Å². The number of anilines is 1. The number of piperazine rings is 1. The minimum absolute atomic E-state index is 0.0425. The lowest BCUT2D eigenvalue weighted by Crippen LogP contribution is -2.60. The molecule has 2 saturated heterocycles. The van der Waals surface area contributed by atoms with Crippen molar-refractivity contribution in [1.82, 2.24) is 35.2 Å². The van der Waals surface area contributed by atoms with Crippen molar-refractivity contribution in [2.45, 2.75) is 111 Å². The van der Waals surface area contributed by atoms with Crippen molar-refractivity contribution >= 4 is 52.0 Å². The molecule has 5 aromatic rings. The van der Waals surface area contributed by atoms with Crippen LogP contribution in [0.2, 0.25) is 0 Å². The summed E-state index contributed by atoms with van der Waals surface area (Å²) in [6.45, 7) is 16.6. The number of aliphatic hydroxyl groups excluding tert-OH is 1. The van der Waals surface area contributed by atoms with Gasteiger partial charge >= 0.3 is 18.2 Å². The van der Waals surface area contributed by atoms with E-state index in [1.54, 1.807) is 32.8 Å². The Hall–Kier alpha value is -6.08. The van der Waals surface area contributed by atoms with Crippen molar-refractivity contribution in [3.63, 3.8) is 0 Å². The molecule has 370 valence electrons. The van der Waals surface area contributed by atoms with Crippen molar-refractivity contribution in [2.75, 3.05) is 51.3 Å². The summed E-state index contributed by atoms with van der Waals surface area (Å²) in [4.78, 5) is 66.0. The summed E-state index contributed by atoms with van der Waals surface area (Å²) in [6, 6.07) is 16.1. The number of pyridine rings is 1. The number of hydrogen-bond acceptors (Lipinski definition) is 13. The number of rotatable bonds is 16. The van der Waals surface area contributed by atoms with Crippen LogP contribution in [0.3, 0.4) is 0 Å². The highest BCUT2D eigenvalue weighted by atomic mass is 32.1. The van der Waals surface area contributed by atoms with Crippen molar-refractivity contribution < 1.29 is 43.6 Å². The number of thiazole rings is 1. The van der Waals surface area contributed by atoms with Crippen LogP contribution in [-0.4, -0.2) is 123 Å². The topological polar surface area (TPSA) is 201 Å². The van der Waals surface area contributed by atoms with Crippen molar-refractivity contribution in [1.29, 1.82) is 0 Å². The molecule has 7 rings (SSSR count). The summed E-state index contributed by atoms with van der Waals surface area (Å²) in [5.41, 5.74) is 9.59. The Balaban J connectivity index is 1.21. The predicted molar refractivity (Wildman–Crippen MR) is 265 cm³/mol. The number of aryl methyl sites for hydroxylation is 1. The first-order valence-electron chi connectivity index (χ1n) is 23.6. The fourth-order valence-electron chi connectivity index (χ4n) is 8.83. The Bertz CT molecular complexity index is 2620. The Kier molecular flexibility index (Phi) is 16.0. The Morgan fingerprint density at radius 3 is 2.41 bits per heavy atom. The smallest absolute Gasteiger partial charge is 0.410 e. The molecular formula is C51H66N8O9S. The van der Waals surface area contributed by atoms with E-state index in [9.17, 15) is 29.4 Å². The lowest BCUT2D eigenvalue weighted by Gasteiger charge is -2.35. The van der Waals surface area contributed by atoms with E-state index in [4.69, 9.17) is 24.2 Å². The van der Waals surface area contributed by atoms with Crippen LogP contribution in [0, 0.1) is 5.41 Å². The standard InChI is InChI=1S/C51H66N8O9S/c1-9-58-42-18-17-34(41-30-69-43(53-41)26-40(54-48(64)68-50(3,4)5)46(61)59-19-13-16-39(55-59)47(62)63)24-36(42)38(27-51(6,7)31-60)45(58)37-25-35(28-52-44(37)32(2)66-8)56-20-22-57(23-21-56)49(65)67-29-33-14-11-10-12-15-33/h10-12,14-15,17-18,24-25,28,30,32,39-40,55,60H,9,13,16,19-23,26-27,29,31H2,1-8H3,(H,54,64)(H,62,63)/t32-,39-,40-/m0/s1. The molecule has 0 spiro atoms. The molecule has 2 aliphatic rings. The van der Waals surface area contributed by atoms with Crippen LogP contribution in [0.1, 0.15) is 89.2 Å². The number of hydrazine groups is 1. The van der Waals surface area contributed by atoms with Gasteiger partial charge in [-0.2, -0.15) is 0 Å². The molecule has 17 nitrogen and oxygen atoms in total. The Labute approximate surface area is 407 Å². The van der Waals surface area contributed by atoms with Crippen LogP contribution in [0.5, 0.6) is 0 Å². The number of carbonyl (C=O) groups is 4. The highest BCUT2D eigenvalue weighted by Crippen LogP contribution is 2.43. The summed E-state index contributed by atoms with van der Waals surface area (Å²) in [7, 11) is 1.67. The van der Waals surface area contributed by atoms with Gasteiger partial charge in [-0.15, -0.1) is 11.3 Å². The van der Waals surface area contributed by atoms with Gasteiger partial charge in [0.05, 0.1) is 40.1 Å². The first-order chi connectivity index (χ1) is 32.9. The van der Waals surface area contributed by atoms with Crippen molar-refractivity contribution in [3.8, 4) is 22.5 Å².